The molecule has 0 radical (unpaired) electrons. The van der Waals surface area contributed by atoms with Gasteiger partial charge in [-0.05, 0) is 68.8 Å². The van der Waals surface area contributed by atoms with E-state index in [1.54, 1.807) is 0 Å². The van der Waals surface area contributed by atoms with Gasteiger partial charge in [0.05, 0.1) is 6.42 Å². The first kappa shape index (κ1) is 26.0. The summed E-state index contributed by atoms with van der Waals surface area (Å²) in [4.78, 5) is 21.0. The van der Waals surface area contributed by atoms with Crippen molar-refractivity contribution >= 4 is 5.97 Å². The number of fused-ring (bicyclic) bond motifs is 3. The Morgan fingerprint density at radius 2 is 1.37 bits per heavy atom. The molecule has 38 heavy (non-hydrogen) atoms. The van der Waals surface area contributed by atoms with E-state index in [0.29, 0.717) is 24.2 Å². The van der Waals surface area contributed by atoms with Crippen molar-refractivity contribution in [3.63, 3.8) is 0 Å². The molecule has 2 aliphatic heterocycles. The Hall–Kier alpha value is -2.21. The normalized spacial score (nSPS) is 32.8. The van der Waals surface area contributed by atoms with Crippen molar-refractivity contribution in [1.29, 1.82) is 0 Å². The number of piperidine rings is 1. The SMILES string of the molecule is CN1CCN(CCC(=O)O[C@H]2CC3(N4CCCCC4)C[C@@H](c4ccccc4)C2[C@H](c2ccccc2)C3)CC1. The van der Waals surface area contributed by atoms with Gasteiger partial charge in [-0.1, -0.05) is 67.1 Å². The van der Waals surface area contributed by atoms with Crippen LogP contribution >= 0.6 is 0 Å². The molecule has 2 aromatic carbocycles. The predicted molar refractivity (Wildman–Crippen MR) is 152 cm³/mol. The molecule has 0 N–H and O–H groups in total. The van der Waals surface area contributed by atoms with Gasteiger partial charge in [-0.2, -0.15) is 0 Å². The Balaban J connectivity index is 1.29. The molecule has 5 nitrogen and oxygen atoms in total. The summed E-state index contributed by atoms with van der Waals surface area (Å²) in [7, 11) is 2.17. The first-order valence-electron chi connectivity index (χ1n) is 15.1. The van der Waals surface area contributed by atoms with Crippen molar-refractivity contribution in [2.45, 2.75) is 68.4 Å². The minimum Gasteiger partial charge on any atom is -0.462 e. The number of esters is 1. The van der Waals surface area contributed by atoms with E-state index >= 15 is 0 Å². The van der Waals surface area contributed by atoms with E-state index in [2.05, 4.69) is 82.4 Å². The van der Waals surface area contributed by atoms with Gasteiger partial charge in [0.1, 0.15) is 6.10 Å². The topological polar surface area (TPSA) is 36.0 Å². The molecule has 0 unspecified atom stereocenters. The number of rotatable bonds is 7. The molecule has 2 saturated heterocycles. The fourth-order valence-electron chi connectivity index (χ4n) is 8.16. The van der Waals surface area contributed by atoms with E-state index in [1.807, 2.05) is 0 Å². The van der Waals surface area contributed by atoms with E-state index in [1.165, 1.54) is 56.3 Å². The largest absolute Gasteiger partial charge is 0.462 e. The Morgan fingerprint density at radius 3 is 1.95 bits per heavy atom. The third-order valence-corrected chi connectivity index (χ3v) is 10.1. The molecule has 3 aliphatic carbocycles. The van der Waals surface area contributed by atoms with Crippen molar-refractivity contribution in [3.05, 3.63) is 71.8 Å². The van der Waals surface area contributed by atoms with Crippen LogP contribution in [0.5, 0.6) is 0 Å². The van der Waals surface area contributed by atoms with Crippen LogP contribution in [0.3, 0.4) is 0 Å². The number of benzene rings is 2. The molecule has 5 heteroatoms. The number of carbonyl (C=O) groups is 1. The molecular formula is C33H45N3O2. The zero-order valence-corrected chi connectivity index (χ0v) is 23.1. The maximum absolute atomic E-state index is 13.4. The average Bonchev–Trinajstić information content (AvgIpc) is 2.98. The number of likely N-dealkylation sites (tertiary alicyclic amines) is 1. The molecule has 5 fully saturated rings. The summed E-state index contributed by atoms with van der Waals surface area (Å²) in [6.07, 6.45) is 7.72. The van der Waals surface area contributed by atoms with Gasteiger partial charge in [0.25, 0.3) is 0 Å². The molecule has 2 aromatic rings. The zero-order chi connectivity index (χ0) is 26.0. The molecule has 3 atom stereocenters. The quantitative estimate of drug-likeness (QED) is 0.477. The number of ether oxygens (including phenoxy) is 1. The van der Waals surface area contributed by atoms with Gasteiger partial charge in [-0.15, -0.1) is 0 Å². The number of carbonyl (C=O) groups excluding carboxylic acids is 1. The first-order valence-corrected chi connectivity index (χ1v) is 15.1. The minimum atomic E-state index is -0.0326. The number of hydrogen-bond donors (Lipinski definition) is 0. The van der Waals surface area contributed by atoms with Crippen LogP contribution in [0.15, 0.2) is 60.7 Å². The highest BCUT2D eigenvalue weighted by atomic mass is 16.5. The molecular weight excluding hydrogens is 470 g/mol. The van der Waals surface area contributed by atoms with Gasteiger partial charge in [0.2, 0.25) is 0 Å². The summed E-state index contributed by atoms with van der Waals surface area (Å²) in [6, 6.07) is 22.2. The Morgan fingerprint density at radius 1 is 0.789 bits per heavy atom. The van der Waals surface area contributed by atoms with E-state index in [4.69, 9.17) is 4.74 Å². The van der Waals surface area contributed by atoms with Crippen LogP contribution in [0.1, 0.15) is 67.9 Å². The Kier molecular flexibility index (Phi) is 7.87. The second kappa shape index (κ2) is 11.5. The maximum Gasteiger partial charge on any atom is 0.307 e. The minimum absolute atomic E-state index is 0.00565. The van der Waals surface area contributed by atoms with Crippen molar-refractivity contribution in [2.24, 2.45) is 5.92 Å². The molecule has 7 rings (SSSR count). The summed E-state index contributed by atoms with van der Waals surface area (Å²) in [6.45, 7) is 7.41. The molecule has 204 valence electrons. The van der Waals surface area contributed by atoms with Crippen molar-refractivity contribution < 1.29 is 9.53 Å². The number of likely N-dealkylation sites (N-methyl/N-ethyl adjacent to an activating group) is 1. The smallest absolute Gasteiger partial charge is 0.307 e. The van der Waals surface area contributed by atoms with Crippen LogP contribution in [-0.4, -0.2) is 85.2 Å². The van der Waals surface area contributed by atoms with Crippen molar-refractivity contribution in [3.8, 4) is 0 Å². The van der Waals surface area contributed by atoms with Gasteiger partial charge in [-0.3, -0.25) is 9.69 Å². The van der Waals surface area contributed by atoms with E-state index in [-0.39, 0.29) is 17.6 Å². The van der Waals surface area contributed by atoms with Gasteiger partial charge < -0.3 is 14.5 Å². The molecule has 2 bridgehead atoms. The Bertz CT molecular complexity index is 997. The molecule has 3 saturated carbocycles. The summed E-state index contributed by atoms with van der Waals surface area (Å²) in [5.74, 6) is 1.12. The second-order valence-electron chi connectivity index (χ2n) is 12.4. The van der Waals surface area contributed by atoms with Crippen molar-refractivity contribution in [2.75, 3.05) is 52.9 Å². The number of piperazine rings is 1. The summed E-state index contributed by atoms with van der Waals surface area (Å²) < 4.78 is 6.55. The monoisotopic (exact) mass is 515 g/mol. The van der Waals surface area contributed by atoms with Crippen LogP contribution in [0.25, 0.3) is 0 Å². The maximum atomic E-state index is 13.4. The van der Waals surface area contributed by atoms with Crippen LogP contribution in [0.4, 0.5) is 0 Å². The number of nitrogens with zero attached hydrogens (tertiary/aromatic N) is 3. The Labute approximate surface area is 229 Å². The van der Waals surface area contributed by atoms with E-state index < -0.39 is 0 Å². The standard InChI is InChI=1S/C33H45N3O2/c1-34-19-21-35(22-20-34)18-15-31(37)38-30-25-33(36-16-9-4-10-17-36)23-28(26-11-5-2-6-12-26)32(30)29(24-33)27-13-7-3-8-14-27/h2-3,5-8,11-14,28-30,32H,4,9-10,15-25H2,1H3/t28-,29-,30-,32?,33?/m0/s1. The summed E-state index contributed by atoms with van der Waals surface area (Å²) in [5.41, 5.74) is 2.92. The first-order chi connectivity index (χ1) is 18.6. The summed E-state index contributed by atoms with van der Waals surface area (Å²) in [5, 5.41) is 0. The van der Waals surface area contributed by atoms with Gasteiger partial charge in [0.15, 0.2) is 0 Å². The lowest BCUT2D eigenvalue weighted by molar-refractivity contribution is -0.170. The van der Waals surface area contributed by atoms with E-state index in [9.17, 15) is 4.79 Å². The van der Waals surface area contributed by atoms with Crippen LogP contribution < -0.4 is 0 Å². The third kappa shape index (κ3) is 5.43. The van der Waals surface area contributed by atoms with Gasteiger partial charge >= 0.3 is 5.97 Å². The lowest BCUT2D eigenvalue weighted by Gasteiger charge is -2.62. The highest BCUT2D eigenvalue weighted by Gasteiger charge is 2.59. The molecule has 2 heterocycles. The molecule has 5 aliphatic rings. The fraction of sp³-hybridized carbons (Fsp3) is 0.606. The molecule has 0 aromatic heterocycles. The third-order valence-electron chi connectivity index (χ3n) is 10.1. The molecule has 0 amide bonds. The van der Waals surface area contributed by atoms with E-state index in [0.717, 1.165) is 39.1 Å². The second-order valence-corrected chi connectivity index (χ2v) is 12.4. The number of hydrogen-bond acceptors (Lipinski definition) is 5. The highest BCUT2D eigenvalue weighted by molar-refractivity contribution is 5.70. The highest BCUT2D eigenvalue weighted by Crippen LogP contribution is 2.60. The lowest BCUT2D eigenvalue weighted by atomic mass is 9.51. The van der Waals surface area contributed by atoms with Crippen molar-refractivity contribution in [1.82, 2.24) is 14.7 Å². The van der Waals surface area contributed by atoms with Crippen LogP contribution in [0, 0.1) is 5.92 Å². The lowest BCUT2D eigenvalue weighted by Crippen LogP contribution is -2.64. The van der Waals surface area contributed by atoms with Crippen LogP contribution in [0.2, 0.25) is 0 Å². The van der Waals surface area contributed by atoms with Gasteiger partial charge in [-0.25, -0.2) is 0 Å². The van der Waals surface area contributed by atoms with Crippen LogP contribution in [-0.2, 0) is 9.53 Å². The fourth-order valence-corrected chi connectivity index (χ4v) is 8.16. The average molecular weight is 516 g/mol. The van der Waals surface area contributed by atoms with Gasteiger partial charge in [0, 0.05) is 50.6 Å². The summed E-state index contributed by atoms with van der Waals surface area (Å²) >= 11 is 0. The molecule has 0 spiro atoms. The predicted octanol–water partition coefficient (Wildman–Crippen LogP) is 5.14. The zero-order valence-electron chi connectivity index (χ0n) is 23.1.